The van der Waals surface area contributed by atoms with Crippen molar-refractivity contribution >= 4 is 11.8 Å². The zero-order chi connectivity index (χ0) is 22.7. The summed E-state index contributed by atoms with van der Waals surface area (Å²) < 4.78 is 5.26. The maximum atomic E-state index is 13.4. The topological polar surface area (TPSA) is 78.5 Å². The molecule has 2 fully saturated rings. The molecule has 0 unspecified atom stereocenters. The molecule has 1 N–H and O–H groups in total. The number of carbonyl (C=O) groups is 2. The maximum Gasteiger partial charge on any atom is 0.257 e. The molecule has 7 nitrogen and oxygen atoms in total. The van der Waals surface area contributed by atoms with Gasteiger partial charge in [-0.1, -0.05) is 12.1 Å². The van der Waals surface area contributed by atoms with Crippen molar-refractivity contribution in [3.05, 3.63) is 47.3 Å². The molecule has 4 rings (SSSR count). The molecule has 7 heteroatoms. The van der Waals surface area contributed by atoms with Crippen LogP contribution in [0.25, 0.3) is 0 Å². The highest BCUT2D eigenvalue weighted by Gasteiger charge is 2.34. The van der Waals surface area contributed by atoms with Crippen molar-refractivity contribution in [2.75, 3.05) is 20.2 Å². The van der Waals surface area contributed by atoms with Gasteiger partial charge in [0.1, 0.15) is 5.75 Å². The largest absolute Gasteiger partial charge is 0.497 e. The van der Waals surface area contributed by atoms with Gasteiger partial charge in [0, 0.05) is 31.1 Å². The first kappa shape index (κ1) is 22.4. The van der Waals surface area contributed by atoms with Gasteiger partial charge in [0.15, 0.2) is 0 Å². The standard InChI is InChI=1S/C25H34N4O3/c1-17-6-4-7-18(2)29(17)25(31)22-16-26-27-24(22)20-10-12-28(13-11-20)23(30)15-19-8-5-9-21(14-19)32-3/h5,8-9,14,16-18,20H,4,6-7,10-13,15H2,1-3H3,(H,26,27)/t17-,18+. The molecule has 2 aliphatic rings. The van der Waals surface area contributed by atoms with Gasteiger partial charge < -0.3 is 14.5 Å². The summed E-state index contributed by atoms with van der Waals surface area (Å²) in [5.41, 5.74) is 2.59. The summed E-state index contributed by atoms with van der Waals surface area (Å²) in [6, 6.07) is 8.17. The molecule has 1 aromatic carbocycles. The van der Waals surface area contributed by atoms with E-state index in [1.54, 1.807) is 13.3 Å². The van der Waals surface area contributed by atoms with E-state index < -0.39 is 0 Å². The van der Waals surface area contributed by atoms with E-state index in [0.29, 0.717) is 25.1 Å². The predicted octanol–water partition coefficient (Wildman–Crippen LogP) is 3.77. The molecular weight excluding hydrogens is 404 g/mol. The zero-order valence-corrected chi connectivity index (χ0v) is 19.3. The van der Waals surface area contributed by atoms with E-state index in [1.807, 2.05) is 34.1 Å². The molecular formula is C25H34N4O3. The van der Waals surface area contributed by atoms with Gasteiger partial charge in [-0.3, -0.25) is 14.7 Å². The van der Waals surface area contributed by atoms with Crippen molar-refractivity contribution in [1.29, 1.82) is 0 Å². The van der Waals surface area contributed by atoms with Gasteiger partial charge in [0.05, 0.1) is 31.0 Å². The molecule has 2 aliphatic heterocycles. The number of benzene rings is 1. The number of amides is 2. The number of nitrogens with zero attached hydrogens (tertiary/aromatic N) is 3. The van der Waals surface area contributed by atoms with Crippen LogP contribution in [0.2, 0.25) is 0 Å². The van der Waals surface area contributed by atoms with E-state index in [0.717, 1.165) is 42.7 Å². The zero-order valence-electron chi connectivity index (χ0n) is 19.3. The van der Waals surface area contributed by atoms with Gasteiger partial charge in [0.2, 0.25) is 5.91 Å². The van der Waals surface area contributed by atoms with Gasteiger partial charge in [-0.2, -0.15) is 5.10 Å². The minimum Gasteiger partial charge on any atom is -0.497 e. The maximum absolute atomic E-state index is 13.4. The smallest absolute Gasteiger partial charge is 0.257 e. The van der Waals surface area contributed by atoms with Gasteiger partial charge in [0.25, 0.3) is 5.91 Å². The SMILES string of the molecule is COc1cccc(CC(=O)N2CCC(c3[nH]ncc3C(=O)N3[C@H](C)CCC[C@@H]3C)CC2)c1. The number of aromatic nitrogens is 2. The Balaban J connectivity index is 1.38. The fourth-order valence-corrected chi connectivity index (χ4v) is 5.22. The second-order valence-corrected chi connectivity index (χ2v) is 9.22. The van der Waals surface area contributed by atoms with Gasteiger partial charge in [-0.15, -0.1) is 0 Å². The molecule has 2 saturated heterocycles. The number of aromatic amines is 1. The van der Waals surface area contributed by atoms with E-state index in [9.17, 15) is 9.59 Å². The Hall–Kier alpha value is -2.83. The first-order chi connectivity index (χ1) is 15.5. The van der Waals surface area contributed by atoms with Crippen molar-refractivity contribution in [3.63, 3.8) is 0 Å². The van der Waals surface area contributed by atoms with Crippen LogP contribution in [-0.2, 0) is 11.2 Å². The lowest BCUT2D eigenvalue weighted by atomic mass is 9.90. The van der Waals surface area contributed by atoms with Crippen LogP contribution in [0.3, 0.4) is 0 Å². The Labute approximate surface area is 190 Å². The number of H-pyrrole nitrogens is 1. The van der Waals surface area contributed by atoms with Gasteiger partial charge in [-0.25, -0.2) is 0 Å². The second kappa shape index (κ2) is 9.76. The summed E-state index contributed by atoms with van der Waals surface area (Å²) in [6.45, 7) is 5.66. The van der Waals surface area contributed by atoms with Crippen LogP contribution in [-0.4, -0.2) is 64.1 Å². The van der Waals surface area contributed by atoms with Crippen molar-refractivity contribution in [1.82, 2.24) is 20.0 Å². The third kappa shape index (κ3) is 4.66. The van der Waals surface area contributed by atoms with Crippen LogP contribution in [0.15, 0.2) is 30.5 Å². The molecule has 172 valence electrons. The summed E-state index contributed by atoms with van der Waals surface area (Å²) >= 11 is 0. The van der Waals surface area contributed by atoms with Crippen molar-refractivity contribution in [2.24, 2.45) is 0 Å². The number of piperidine rings is 2. The highest BCUT2D eigenvalue weighted by Crippen LogP contribution is 2.32. The Kier molecular flexibility index (Phi) is 6.82. The summed E-state index contributed by atoms with van der Waals surface area (Å²) in [7, 11) is 1.63. The van der Waals surface area contributed by atoms with E-state index >= 15 is 0 Å². The van der Waals surface area contributed by atoms with Gasteiger partial charge >= 0.3 is 0 Å². The lowest BCUT2D eigenvalue weighted by Crippen LogP contribution is -2.47. The van der Waals surface area contributed by atoms with Crippen molar-refractivity contribution in [2.45, 2.75) is 70.4 Å². The van der Waals surface area contributed by atoms with Crippen molar-refractivity contribution in [3.8, 4) is 5.75 Å². The number of rotatable bonds is 5. The summed E-state index contributed by atoms with van der Waals surface area (Å²) in [4.78, 5) is 30.1. The number of hydrogen-bond acceptors (Lipinski definition) is 4. The van der Waals surface area contributed by atoms with Gasteiger partial charge in [-0.05, 0) is 63.6 Å². The van der Waals surface area contributed by atoms with Crippen LogP contribution in [0.1, 0.15) is 73.5 Å². The fourth-order valence-electron chi connectivity index (χ4n) is 5.22. The van der Waals surface area contributed by atoms with Crippen LogP contribution in [0.5, 0.6) is 5.75 Å². The molecule has 32 heavy (non-hydrogen) atoms. The summed E-state index contributed by atoms with van der Waals surface area (Å²) in [5.74, 6) is 1.20. The average molecular weight is 439 g/mol. The van der Waals surface area contributed by atoms with E-state index in [4.69, 9.17) is 4.74 Å². The molecule has 1 aromatic heterocycles. The average Bonchev–Trinajstić information content (AvgIpc) is 3.29. The van der Waals surface area contributed by atoms with Crippen LogP contribution in [0.4, 0.5) is 0 Å². The minimum absolute atomic E-state index is 0.0879. The lowest BCUT2D eigenvalue weighted by molar-refractivity contribution is -0.131. The lowest BCUT2D eigenvalue weighted by Gasteiger charge is -2.39. The number of hydrogen-bond donors (Lipinski definition) is 1. The van der Waals surface area contributed by atoms with Crippen LogP contribution >= 0.6 is 0 Å². The van der Waals surface area contributed by atoms with E-state index in [1.165, 1.54) is 6.42 Å². The third-order valence-electron chi connectivity index (χ3n) is 7.07. The number of likely N-dealkylation sites (tertiary alicyclic amines) is 2. The molecule has 0 saturated carbocycles. The Bertz CT molecular complexity index is 938. The minimum atomic E-state index is 0.0879. The monoisotopic (exact) mass is 438 g/mol. The number of methoxy groups -OCH3 is 1. The Morgan fingerprint density at radius 2 is 1.84 bits per heavy atom. The molecule has 0 spiro atoms. The summed E-state index contributed by atoms with van der Waals surface area (Å²) in [5, 5.41) is 7.33. The fraction of sp³-hybridized carbons (Fsp3) is 0.560. The highest BCUT2D eigenvalue weighted by molar-refractivity contribution is 5.95. The first-order valence-corrected chi connectivity index (χ1v) is 11.7. The molecule has 0 bridgehead atoms. The molecule has 3 heterocycles. The normalized spacial score (nSPS) is 22.1. The molecule has 0 aliphatic carbocycles. The molecule has 2 atom stereocenters. The summed E-state index contributed by atoms with van der Waals surface area (Å²) in [6.07, 6.45) is 7.00. The number of carbonyl (C=O) groups excluding carboxylic acids is 2. The van der Waals surface area contributed by atoms with Crippen LogP contribution < -0.4 is 4.74 Å². The Morgan fingerprint density at radius 1 is 1.12 bits per heavy atom. The van der Waals surface area contributed by atoms with Crippen molar-refractivity contribution < 1.29 is 14.3 Å². The number of nitrogens with one attached hydrogen (secondary N) is 1. The Morgan fingerprint density at radius 3 is 2.53 bits per heavy atom. The highest BCUT2D eigenvalue weighted by atomic mass is 16.5. The second-order valence-electron chi connectivity index (χ2n) is 9.22. The number of ether oxygens (including phenoxy) is 1. The first-order valence-electron chi connectivity index (χ1n) is 11.7. The quantitative estimate of drug-likeness (QED) is 0.771. The molecule has 0 radical (unpaired) electrons. The van der Waals surface area contributed by atoms with E-state index in [-0.39, 0.29) is 29.8 Å². The van der Waals surface area contributed by atoms with E-state index in [2.05, 4.69) is 24.0 Å². The molecule has 2 amide bonds. The van der Waals surface area contributed by atoms with Crippen LogP contribution in [0, 0.1) is 0 Å². The third-order valence-corrected chi connectivity index (χ3v) is 7.07. The predicted molar refractivity (Wildman–Crippen MR) is 123 cm³/mol. The molecule has 2 aromatic rings.